The molecule has 0 radical (unpaired) electrons. The average Bonchev–Trinajstić information content (AvgIpc) is 3.24. The van der Waals surface area contributed by atoms with E-state index in [0.29, 0.717) is 28.8 Å². The molecule has 1 aliphatic rings. The van der Waals surface area contributed by atoms with Crippen LogP contribution in [-0.2, 0) is 5.54 Å². The van der Waals surface area contributed by atoms with E-state index in [1.165, 1.54) is 0 Å². The van der Waals surface area contributed by atoms with Gasteiger partial charge in [0.05, 0.1) is 14.2 Å². The number of carbonyl (C=O) groups excluding carboxylic acids is 1. The Morgan fingerprint density at radius 2 is 1.79 bits per heavy atom. The highest BCUT2D eigenvalue weighted by Gasteiger charge is 2.41. The van der Waals surface area contributed by atoms with Crippen molar-refractivity contribution in [1.82, 2.24) is 15.5 Å². The third kappa shape index (κ3) is 3.06. The molecule has 1 fully saturated rings. The molecular formula is C17H21N3O4. The molecule has 1 aliphatic carbocycles. The molecule has 1 aromatic heterocycles. The number of hydrogen-bond donors (Lipinski definition) is 1. The molecular weight excluding hydrogens is 310 g/mol. The van der Waals surface area contributed by atoms with Crippen LogP contribution < -0.4 is 14.8 Å². The Morgan fingerprint density at radius 3 is 2.29 bits per heavy atom. The first kappa shape index (κ1) is 16.3. The summed E-state index contributed by atoms with van der Waals surface area (Å²) in [6.07, 6.45) is 3.60. The molecule has 3 rings (SSSR count). The van der Waals surface area contributed by atoms with E-state index in [9.17, 15) is 4.79 Å². The molecule has 128 valence electrons. The Bertz CT molecular complexity index is 713. The van der Waals surface area contributed by atoms with E-state index in [-0.39, 0.29) is 5.91 Å². The molecule has 7 nitrogen and oxygen atoms in total. The number of benzene rings is 1. The van der Waals surface area contributed by atoms with Crippen molar-refractivity contribution in [2.45, 2.75) is 38.1 Å². The molecule has 0 saturated heterocycles. The zero-order valence-corrected chi connectivity index (χ0v) is 14.1. The van der Waals surface area contributed by atoms with Crippen molar-refractivity contribution in [3.63, 3.8) is 0 Å². The van der Waals surface area contributed by atoms with E-state index in [4.69, 9.17) is 14.0 Å². The lowest BCUT2D eigenvalue weighted by molar-refractivity contribution is 0.0891. The second-order valence-corrected chi connectivity index (χ2v) is 5.98. The van der Waals surface area contributed by atoms with Crippen LogP contribution >= 0.6 is 0 Å². The van der Waals surface area contributed by atoms with E-state index >= 15 is 0 Å². The van der Waals surface area contributed by atoms with Crippen LogP contribution in [0.1, 0.15) is 47.8 Å². The fourth-order valence-electron chi connectivity index (χ4n) is 3.10. The van der Waals surface area contributed by atoms with Crippen molar-refractivity contribution in [1.29, 1.82) is 0 Å². The molecule has 2 aromatic rings. The average molecular weight is 331 g/mol. The first-order valence-corrected chi connectivity index (χ1v) is 7.93. The Morgan fingerprint density at radius 1 is 1.17 bits per heavy atom. The van der Waals surface area contributed by atoms with Crippen molar-refractivity contribution < 1.29 is 18.8 Å². The van der Waals surface area contributed by atoms with Gasteiger partial charge >= 0.3 is 0 Å². The Kier molecular flexibility index (Phi) is 4.42. The van der Waals surface area contributed by atoms with Crippen LogP contribution in [0.3, 0.4) is 0 Å². The largest absolute Gasteiger partial charge is 0.497 e. The number of carbonyl (C=O) groups is 1. The zero-order chi connectivity index (χ0) is 17.2. The third-order valence-electron chi connectivity index (χ3n) is 4.38. The smallest absolute Gasteiger partial charge is 0.252 e. The topological polar surface area (TPSA) is 86.5 Å². The maximum absolute atomic E-state index is 12.8. The molecule has 1 heterocycles. The third-order valence-corrected chi connectivity index (χ3v) is 4.38. The van der Waals surface area contributed by atoms with Crippen molar-refractivity contribution in [2.75, 3.05) is 14.2 Å². The highest BCUT2D eigenvalue weighted by Crippen LogP contribution is 2.37. The summed E-state index contributed by atoms with van der Waals surface area (Å²) in [5.74, 6) is 1.96. The van der Waals surface area contributed by atoms with Crippen molar-refractivity contribution in [3.05, 3.63) is 35.5 Å². The number of aryl methyl sites for hydroxylation is 1. The second kappa shape index (κ2) is 6.51. The van der Waals surface area contributed by atoms with Crippen molar-refractivity contribution >= 4 is 5.91 Å². The predicted octanol–water partition coefficient (Wildman–Crippen LogP) is 2.59. The zero-order valence-electron chi connectivity index (χ0n) is 14.1. The Balaban J connectivity index is 1.89. The summed E-state index contributed by atoms with van der Waals surface area (Å²) < 4.78 is 15.6. The minimum absolute atomic E-state index is 0.212. The molecule has 1 N–H and O–H groups in total. The molecule has 1 amide bonds. The molecule has 0 unspecified atom stereocenters. The van der Waals surface area contributed by atoms with Crippen LogP contribution in [0.2, 0.25) is 0 Å². The van der Waals surface area contributed by atoms with Crippen LogP contribution in [0, 0.1) is 6.92 Å². The minimum atomic E-state index is -0.578. The normalized spacial score (nSPS) is 16.0. The maximum Gasteiger partial charge on any atom is 0.252 e. The maximum atomic E-state index is 12.8. The summed E-state index contributed by atoms with van der Waals surface area (Å²) in [4.78, 5) is 17.2. The van der Waals surface area contributed by atoms with Gasteiger partial charge in [0.1, 0.15) is 17.0 Å². The Hall–Kier alpha value is -2.57. The van der Waals surface area contributed by atoms with Gasteiger partial charge in [-0.1, -0.05) is 18.0 Å². The van der Waals surface area contributed by atoms with E-state index in [1.807, 2.05) is 0 Å². The predicted molar refractivity (Wildman–Crippen MR) is 86.2 cm³/mol. The monoisotopic (exact) mass is 331 g/mol. The van der Waals surface area contributed by atoms with Gasteiger partial charge in [0.15, 0.2) is 5.82 Å². The molecule has 7 heteroatoms. The van der Waals surface area contributed by atoms with Crippen LogP contribution in [0.25, 0.3) is 0 Å². The molecule has 24 heavy (non-hydrogen) atoms. The minimum Gasteiger partial charge on any atom is -0.497 e. The highest BCUT2D eigenvalue weighted by atomic mass is 16.5. The lowest BCUT2D eigenvalue weighted by Crippen LogP contribution is -2.44. The molecule has 0 atom stereocenters. The van der Waals surface area contributed by atoms with Gasteiger partial charge in [-0.3, -0.25) is 4.79 Å². The van der Waals surface area contributed by atoms with Crippen molar-refractivity contribution in [3.8, 4) is 11.5 Å². The van der Waals surface area contributed by atoms with Gasteiger partial charge in [-0.25, -0.2) is 0 Å². The SMILES string of the molecule is COc1cc(OC)cc(C(=O)NC2(c3noc(C)n3)CCCC2)c1. The van der Waals surface area contributed by atoms with Gasteiger partial charge in [-0.2, -0.15) is 4.98 Å². The molecule has 1 saturated carbocycles. The number of ether oxygens (including phenoxy) is 2. The summed E-state index contributed by atoms with van der Waals surface area (Å²) in [6, 6.07) is 5.09. The van der Waals surface area contributed by atoms with Gasteiger partial charge < -0.3 is 19.3 Å². The van der Waals surface area contributed by atoms with E-state index in [0.717, 1.165) is 25.7 Å². The van der Waals surface area contributed by atoms with Crippen LogP contribution in [-0.4, -0.2) is 30.3 Å². The molecule has 0 aliphatic heterocycles. The van der Waals surface area contributed by atoms with Crippen LogP contribution in [0.15, 0.2) is 22.7 Å². The first-order chi connectivity index (χ1) is 11.6. The molecule has 1 aromatic carbocycles. The number of aromatic nitrogens is 2. The number of methoxy groups -OCH3 is 2. The van der Waals surface area contributed by atoms with Gasteiger partial charge in [0.25, 0.3) is 5.91 Å². The quantitative estimate of drug-likeness (QED) is 0.906. The standard InChI is InChI=1S/C17H21N3O4/c1-11-18-16(20-24-11)17(6-4-5-7-17)19-15(21)12-8-13(22-2)10-14(9-12)23-3/h8-10H,4-7H2,1-3H3,(H,19,21). The van der Waals surface area contributed by atoms with Crippen molar-refractivity contribution in [2.24, 2.45) is 0 Å². The summed E-state index contributed by atoms with van der Waals surface area (Å²) in [7, 11) is 3.11. The number of nitrogens with one attached hydrogen (secondary N) is 1. The summed E-state index contributed by atoms with van der Waals surface area (Å²) in [5, 5.41) is 7.14. The highest BCUT2D eigenvalue weighted by molar-refractivity contribution is 5.95. The van der Waals surface area contributed by atoms with E-state index in [2.05, 4.69) is 15.5 Å². The van der Waals surface area contributed by atoms with Crippen LogP contribution in [0.4, 0.5) is 0 Å². The van der Waals surface area contributed by atoms with Crippen LogP contribution in [0.5, 0.6) is 11.5 Å². The Labute approximate surface area is 140 Å². The van der Waals surface area contributed by atoms with Gasteiger partial charge in [0, 0.05) is 18.6 Å². The lowest BCUT2D eigenvalue weighted by atomic mass is 9.95. The molecule has 0 spiro atoms. The fraction of sp³-hybridized carbons (Fsp3) is 0.471. The van der Waals surface area contributed by atoms with Gasteiger partial charge in [-0.05, 0) is 25.0 Å². The van der Waals surface area contributed by atoms with E-state index < -0.39 is 5.54 Å². The fourth-order valence-corrected chi connectivity index (χ4v) is 3.10. The first-order valence-electron chi connectivity index (χ1n) is 7.93. The second-order valence-electron chi connectivity index (χ2n) is 5.98. The number of hydrogen-bond acceptors (Lipinski definition) is 6. The molecule has 0 bridgehead atoms. The summed E-state index contributed by atoms with van der Waals surface area (Å²) >= 11 is 0. The summed E-state index contributed by atoms with van der Waals surface area (Å²) in [6.45, 7) is 1.74. The number of amides is 1. The lowest BCUT2D eigenvalue weighted by Gasteiger charge is -2.27. The van der Waals surface area contributed by atoms with E-state index in [1.54, 1.807) is 39.3 Å². The number of nitrogens with zero attached hydrogens (tertiary/aromatic N) is 2. The summed E-state index contributed by atoms with van der Waals surface area (Å²) in [5.41, 5.74) is -0.108. The van der Waals surface area contributed by atoms with Gasteiger partial charge in [-0.15, -0.1) is 0 Å². The van der Waals surface area contributed by atoms with Gasteiger partial charge in [0.2, 0.25) is 5.89 Å². The number of rotatable bonds is 5.